The molecule has 0 spiro atoms. The quantitative estimate of drug-likeness (QED) is 0.159. The van der Waals surface area contributed by atoms with Gasteiger partial charge in [-0.25, -0.2) is 0 Å². The van der Waals surface area contributed by atoms with Gasteiger partial charge in [0, 0.05) is 16.5 Å². The Balaban J connectivity index is 1.08. The molecule has 4 heteroatoms. The van der Waals surface area contributed by atoms with E-state index in [2.05, 4.69) is 191 Å². The molecule has 3 heterocycles. The molecule has 3 aromatic heterocycles. The van der Waals surface area contributed by atoms with Crippen LogP contribution in [0.2, 0.25) is 0 Å². The molecular formula is C48H30N2SSe. The molecule has 0 bridgehead atoms. The van der Waals surface area contributed by atoms with Gasteiger partial charge in [-0.15, -0.1) is 0 Å². The van der Waals surface area contributed by atoms with E-state index in [1.807, 2.05) is 11.3 Å². The molecule has 0 N–H and O–H groups in total. The zero-order valence-corrected chi connectivity index (χ0v) is 30.6. The summed E-state index contributed by atoms with van der Waals surface area (Å²) in [5, 5.41) is 7.89. The van der Waals surface area contributed by atoms with E-state index < -0.39 is 0 Å². The number of hydrogen-bond donors (Lipinski definition) is 0. The molecule has 0 unspecified atom stereocenters. The average Bonchev–Trinajstić information content (AvgIpc) is 3.88. The summed E-state index contributed by atoms with van der Waals surface area (Å²) in [5.41, 5.74) is 9.53. The fraction of sp³-hybridized carbons (Fsp3) is 0. The molecule has 8 aromatic carbocycles. The van der Waals surface area contributed by atoms with Crippen molar-refractivity contribution in [3.63, 3.8) is 0 Å². The van der Waals surface area contributed by atoms with Gasteiger partial charge in [0.1, 0.15) is 0 Å². The standard InChI is InChI=1S/C48H30N2SSe/c1-2-11-33(12-3-1)50-42-17-7-4-13-36(42)37-27-23-32(29-44(37)50)31-21-24-34(25-22-31)49(35-26-28-47-41(30-35)39-15-6-9-20-46(39)52-47)43-18-10-16-40-38-14-5-8-19-45(38)51-48(40)43/h1-30H. The zero-order chi connectivity index (χ0) is 34.2. The van der Waals surface area contributed by atoms with Crippen LogP contribution in [0.25, 0.3) is 78.1 Å². The SMILES string of the molecule is c1ccc(-n2c3ccccc3c3ccc(-c4ccc(N(c5ccc6[se]c7ccccc7c6c5)c5cccc6c5sc5ccccc56)cc4)cc32)cc1. The Bertz CT molecular complexity index is 3130. The number of benzene rings is 8. The zero-order valence-electron chi connectivity index (χ0n) is 28.0. The number of para-hydroxylation sites is 2. The van der Waals surface area contributed by atoms with Gasteiger partial charge in [0.05, 0.1) is 5.52 Å². The van der Waals surface area contributed by atoms with E-state index in [0.717, 1.165) is 5.69 Å². The summed E-state index contributed by atoms with van der Waals surface area (Å²) in [6.07, 6.45) is 0. The fourth-order valence-corrected chi connectivity index (χ4v) is 11.5. The third kappa shape index (κ3) is 4.62. The monoisotopic (exact) mass is 746 g/mol. The fourth-order valence-electron chi connectivity index (χ4n) is 8.00. The second-order valence-electron chi connectivity index (χ2n) is 13.3. The first-order valence-electron chi connectivity index (χ1n) is 17.6. The summed E-state index contributed by atoms with van der Waals surface area (Å²) in [4.78, 5) is 2.46. The number of hydrogen-bond acceptors (Lipinski definition) is 2. The van der Waals surface area contributed by atoms with Crippen LogP contribution in [0, 0.1) is 0 Å². The minimum absolute atomic E-state index is 0.329. The Kier molecular flexibility index (Phi) is 6.78. The number of rotatable bonds is 5. The topological polar surface area (TPSA) is 8.17 Å². The first kappa shape index (κ1) is 29.8. The van der Waals surface area contributed by atoms with Crippen molar-refractivity contribution in [2.24, 2.45) is 0 Å². The normalized spacial score (nSPS) is 11.8. The van der Waals surface area contributed by atoms with Crippen molar-refractivity contribution in [3.8, 4) is 16.8 Å². The van der Waals surface area contributed by atoms with Crippen LogP contribution in [0.1, 0.15) is 0 Å². The van der Waals surface area contributed by atoms with Crippen LogP contribution >= 0.6 is 11.3 Å². The van der Waals surface area contributed by atoms with Crippen molar-refractivity contribution in [1.82, 2.24) is 4.57 Å². The minimum Gasteiger partial charge on any atom is -0.0602 e. The van der Waals surface area contributed by atoms with Crippen LogP contribution in [-0.4, -0.2) is 19.1 Å². The van der Waals surface area contributed by atoms with E-state index in [0.29, 0.717) is 14.5 Å². The van der Waals surface area contributed by atoms with Crippen LogP contribution in [0.15, 0.2) is 182 Å². The predicted molar refractivity (Wildman–Crippen MR) is 226 cm³/mol. The van der Waals surface area contributed by atoms with E-state index in [1.54, 1.807) is 0 Å². The molecule has 0 aliphatic heterocycles. The van der Waals surface area contributed by atoms with E-state index >= 15 is 0 Å². The van der Waals surface area contributed by atoms with Gasteiger partial charge in [0.25, 0.3) is 0 Å². The summed E-state index contributed by atoms with van der Waals surface area (Å²) in [5.74, 6) is 0. The van der Waals surface area contributed by atoms with Gasteiger partial charge >= 0.3 is 231 Å². The van der Waals surface area contributed by atoms with Crippen LogP contribution < -0.4 is 4.90 Å². The van der Waals surface area contributed by atoms with Gasteiger partial charge in [0.15, 0.2) is 0 Å². The van der Waals surface area contributed by atoms with E-state index in [4.69, 9.17) is 0 Å². The van der Waals surface area contributed by atoms with E-state index in [9.17, 15) is 0 Å². The molecular weight excluding hydrogens is 716 g/mol. The summed E-state index contributed by atoms with van der Waals surface area (Å²) in [7, 11) is 0. The van der Waals surface area contributed by atoms with Crippen molar-refractivity contribution in [1.29, 1.82) is 0 Å². The summed E-state index contributed by atoms with van der Waals surface area (Å²) in [6, 6.07) is 67.1. The summed E-state index contributed by atoms with van der Waals surface area (Å²) >= 11 is 2.21. The Morgan fingerprint density at radius 1 is 0.423 bits per heavy atom. The molecule has 0 radical (unpaired) electrons. The second kappa shape index (κ2) is 11.8. The van der Waals surface area contributed by atoms with Crippen molar-refractivity contribution in [3.05, 3.63) is 182 Å². The Morgan fingerprint density at radius 3 is 1.98 bits per heavy atom. The van der Waals surface area contributed by atoms with Crippen molar-refractivity contribution < 1.29 is 0 Å². The minimum atomic E-state index is 0.329. The van der Waals surface area contributed by atoms with Gasteiger partial charge in [0.2, 0.25) is 0 Å². The molecule has 0 aliphatic carbocycles. The third-order valence-corrected chi connectivity index (χ3v) is 14.0. The van der Waals surface area contributed by atoms with Gasteiger partial charge in [-0.05, 0) is 18.2 Å². The van der Waals surface area contributed by atoms with Gasteiger partial charge in [-0.1, -0.05) is 36.4 Å². The van der Waals surface area contributed by atoms with Gasteiger partial charge in [-0.3, -0.25) is 0 Å². The van der Waals surface area contributed by atoms with Crippen molar-refractivity contribution in [2.75, 3.05) is 4.90 Å². The molecule has 0 aliphatic rings. The number of fused-ring (bicyclic) bond motifs is 9. The third-order valence-electron chi connectivity index (χ3n) is 10.4. The number of aromatic nitrogens is 1. The molecule has 0 fully saturated rings. The molecule has 0 saturated carbocycles. The van der Waals surface area contributed by atoms with Crippen LogP contribution in [-0.2, 0) is 0 Å². The van der Waals surface area contributed by atoms with E-state index in [-0.39, 0.29) is 0 Å². The average molecular weight is 746 g/mol. The van der Waals surface area contributed by atoms with Crippen LogP contribution in [0.5, 0.6) is 0 Å². The van der Waals surface area contributed by atoms with Gasteiger partial charge in [-0.2, -0.15) is 0 Å². The molecule has 52 heavy (non-hydrogen) atoms. The Morgan fingerprint density at radius 2 is 1.10 bits per heavy atom. The molecule has 244 valence electrons. The summed E-state index contributed by atoms with van der Waals surface area (Å²) < 4.78 is 7.93. The van der Waals surface area contributed by atoms with Crippen molar-refractivity contribution in [2.45, 2.75) is 0 Å². The number of anilines is 3. The molecule has 11 aromatic rings. The Hall–Kier alpha value is -5.90. The maximum atomic E-state index is 2.46. The number of nitrogens with zero attached hydrogens (tertiary/aromatic N) is 2. The predicted octanol–water partition coefficient (Wildman–Crippen LogP) is 13.7. The van der Waals surface area contributed by atoms with Crippen LogP contribution in [0.3, 0.4) is 0 Å². The number of thiophene rings is 1. The van der Waals surface area contributed by atoms with Crippen molar-refractivity contribution >= 4 is 104 Å². The molecule has 0 amide bonds. The first-order valence-corrected chi connectivity index (χ1v) is 20.1. The molecule has 2 nitrogen and oxygen atoms in total. The maximum absolute atomic E-state index is 2.46. The van der Waals surface area contributed by atoms with Gasteiger partial charge < -0.3 is 4.57 Å². The molecule has 11 rings (SSSR count). The van der Waals surface area contributed by atoms with Crippen LogP contribution in [0.4, 0.5) is 17.1 Å². The second-order valence-corrected chi connectivity index (χ2v) is 16.7. The Labute approximate surface area is 310 Å². The molecule has 0 saturated heterocycles. The smallest absolute Gasteiger partial charge is 0.0602 e. The van der Waals surface area contributed by atoms with E-state index in [1.165, 1.54) is 89.5 Å². The summed E-state index contributed by atoms with van der Waals surface area (Å²) in [6.45, 7) is 0. The first-order chi connectivity index (χ1) is 25.8. The molecule has 0 atom stereocenters.